The minimum absolute atomic E-state index is 0.0268. The van der Waals surface area contributed by atoms with Crippen LogP contribution < -0.4 is 10.6 Å². The Bertz CT molecular complexity index is 484. The Morgan fingerprint density at radius 1 is 1.21 bits per heavy atom. The molecule has 1 fully saturated rings. The first-order valence-corrected chi connectivity index (χ1v) is 6.44. The van der Waals surface area contributed by atoms with Gasteiger partial charge < -0.3 is 10.6 Å². The van der Waals surface area contributed by atoms with Crippen LogP contribution in [0.5, 0.6) is 0 Å². The number of pyridine rings is 1. The van der Waals surface area contributed by atoms with E-state index in [4.69, 9.17) is 0 Å². The number of aromatic nitrogens is 1. The molecule has 19 heavy (non-hydrogen) atoms. The number of amides is 2. The van der Waals surface area contributed by atoms with Gasteiger partial charge in [-0.15, -0.1) is 0 Å². The predicted molar refractivity (Wildman–Crippen MR) is 73.7 cm³/mol. The van der Waals surface area contributed by atoms with Gasteiger partial charge in [-0.2, -0.15) is 0 Å². The fourth-order valence-corrected chi connectivity index (χ4v) is 1.43. The SMILES string of the molecule is CC(C)(C)C(=O)Nc1ccc(NC(=O)C2CC2)nc1. The Hall–Kier alpha value is -1.91. The first kappa shape index (κ1) is 13.5. The van der Waals surface area contributed by atoms with Gasteiger partial charge >= 0.3 is 0 Å². The van der Waals surface area contributed by atoms with E-state index in [-0.39, 0.29) is 17.7 Å². The van der Waals surface area contributed by atoms with Crippen molar-refractivity contribution in [2.75, 3.05) is 10.6 Å². The molecule has 0 aromatic carbocycles. The van der Waals surface area contributed by atoms with Crippen LogP contribution in [-0.4, -0.2) is 16.8 Å². The van der Waals surface area contributed by atoms with Crippen LogP contribution in [0.1, 0.15) is 33.6 Å². The van der Waals surface area contributed by atoms with Crippen molar-refractivity contribution in [3.8, 4) is 0 Å². The number of nitrogens with zero attached hydrogens (tertiary/aromatic N) is 1. The van der Waals surface area contributed by atoms with Crippen LogP contribution in [0.25, 0.3) is 0 Å². The third-order valence-corrected chi connectivity index (χ3v) is 2.90. The average molecular weight is 261 g/mol. The van der Waals surface area contributed by atoms with Gasteiger partial charge in [-0.05, 0) is 25.0 Å². The van der Waals surface area contributed by atoms with Gasteiger partial charge in [0.1, 0.15) is 5.82 Å². The van der Waals surface area contributed by atoms with Crippen molar-refractivity contribution in [1.82, 2.24) is 4.98 Å². The van der Waals surface area contributed by atoms with Crippen molar-refractivity contribution in [1.29, 1.82) is 0 Å². The maximum absolute atomic E-state index is 11.8. The molecule has 5 nitrogen and oxygen atoms in total. The van der Waals surface area contributed by atoms with Gasteiger partial charge in [0.25, 0.3) is 0 Å². The summed E-state index contributed by atoms with van der Waals surface area (Å²) in [5, 5.41) is 5.54. The molecule has 0 spiro atoms. The lowest BCUT2D eigenvalue weighted by molar-refractivity contribution is -0.123. The largest absolute Gasteiger partial charge is 0.324 e. The third-order valence-electron chi connectivity index (χ3n) is 2.90. The summed E-state index contributed by atoms with van der Waals surface area (Å²) in [5.74, 6) is 0.635. The van der Waals surface area contributed by atoms with E-state index in [9.17, 15) is 9.59 Å². The molecule has 0 saturated heterocycles. The molecule has 0 radical (unpaired) electrons. The summed E-state index contributed by atoms with van der Waals surface area (Å²) >= 11 is 0. The van der Waals surface area contributed by atoms with E-state index in [0.717, 1.165) is 12.8 Å². The highest BCUT2D eigenvalue weighted by Crippen LogP contribution is 2.30. The smallest absolute Gasteiger partial charge is 0.229 e. The Balaban J connectivity index is 1.94. The zero-order valence-electron chi connectivity index (χ0n) is 11.5. The predicted octanol–water partition coefficient (Wildman–Crippen LogP) is 2.41. The second-order valence-electron chi connectivity index (χ2n) is 5.90. The van der Waals surface area contributed by atoms with E-state index in [2.05, 4.69) is 15.6 Å². The van der Waals surface area contributed by atoms with Crippen molar-refractivity contribution >= 4 is 23.3 Å². The number of anilines is 2. The van der Waals surface area contributed by atoms with E-state index in [1.807, 2.05) is 20.8 Å². The van der Waals surface area contributed by atoms with E-state index in [0.29, 0.717) is 11.5 Å². The summed E-state index contributed by atoms with van der Waals surface area (Å²) in [6, 6.07) is 3.43. The molecular formula is C14H19N3O2. The molecule has 1 aromatic heterocycles. The van der Waals surface area contributed by atoms with Crippen LogP contribution >= 0.6 is 0 Å². The molecule has 2 N–H and O–H groups in total. The Morgan fingerprint density at radius 2 is 1.89 bits per heavy atom. The standard InChI is InChI=1S/C14H19N3O2/c1-14(2,3)13(19)16-10-6-7-11(15-8-10)17-12(18)9-4-5-9/h6-9H,4-5H2,1-3H3,(H,16,19)(H,15,17,18). The van der Waals surface area contributed by atoms with Crippen LogP contribution in [-0.2, 0) is 9.59 Å². The van der Waals surface area contributed by atoms with Gasteiger partial charge in [0, 0.05) is 11.3 Å². The number of rotatable bonds is 3. The molecule has 2 rings (SSSR count). The fourth-order valence-electron chi connectivity index (χ4n) is 1.43. The Labute approximate surface area is 112 Å². The van der Waals surface area contributed by atoms with Crippen LogP contribution in [0.3, 0.4) is 0 Å². The monoisotopic (exact) mass is 261 g/mol. The first-order chi connectivity index (χ1) is 8.86. The van der Waals surface area contributed by atoms with Gasteiger partial charge in [-0.1, -0.05) is 20.8 Å². The summed E-state index contributed by atoms with van der Waals surface area (Å²) in [5.41, 5.74) is 0.183. The van der Waals surface area contributed by atoms with E-state index < -0.39 is 5.41 Å². The van der Waals surface area contributed by atoms with Gasteiger partial charge in [0.05, 0.1) is 11.9 Å². The van der Waals surface area contributed by atoms with Gasteiger partial charge in [-0.3, -0.25) is 9.59 Å². The molecule has 0 aliphatic heterocycles. The number of nitrogens with one attached hydrogen (secondary N) is 2. The van der Waals surface area contributed by atoms with Crippen molar-refractivity contribution in [3.63, 3.8) is 0 Å². The zero-order valence-corrected chi connectivity index (χ0v) is 11.5. The molecule has 1 heterocycles. The molecule has 102 valence electrons. The number of carbonyl (C=O) groups is 2. The quantitative estimate of drug-likeness (QED) is 0.877. The third kappa shape index (κ3) is 3.77. The molecule has 0 bridgehead atoms. The molecule has 0 unspecified atom stereocenters. The van der Waals surface area contributed by atoms with Crippen LogP contribution in [0, 0.1) is 11.3 Å². The summed E-state index contributed by atoms with van der Waals surface area (Å²) in [6.45, 7) is 5.54. The molecule has 5 heteroatoms. The average Bonchev–Trinajstić information content (AvgIpc) is 3.14. The molecule has 1 aliphatic carbocycles. The number of hydrogen-bond acceptors (Lipinski definition) is 3. The maximum atomic E-state index is 11.8. The maximum Gasteiger partial charge on any atom is 0.229 e. The molecule has 0 atom stereocenters. The Kier molecular flexibility index (Phi) is 3.55. The number of carbonyl (C=O) groups excluding carboxylic acids is 2. The summed E-state index contributed by atoms with van der Waals surface area (Å²) in [4.78, 5) is 27.5. The van der Waals surface area contributed by atoms with Gasteiger partial charge in [-0.25, -0.2) is 4.98 Å². The van der Waals surface area contributed by atoms with Gasteiger partial charge in [0.15, 0.2) is 0 Å². The zero-order chi connectivity index (χ0) is 14.0. The highest BCUT2D eigenvalue weighted by Gasteiger charge is 2.29. The lowest BCUT2D eigenvalue weighted by atomic mass is 9.96. The van der Waals surface area contributed by atoms with Crippen molar-refractivity contribution in [3.05, 3.63) is 18.3 Å². The lowest BCUT2D eigenvalue weighted by Gasteiger charge is -2.17. The lowest BCUT2D eigenvalue weighted by Crippen LogP contribution is -2.27. The summed E-state index contributed by atoms with van der Waals surface area (Å²) in [6.07, 6.45) is 3.48. The van der Waals surface area contributed by atoms with E-state index >= 15 is 0 Å². The van der Waals surface area contributed by atoms with Crippen LogP contribution in [0.15, 0.2) is 18.3 Å². The highest BCUT2D eigenvalue weighted by molar-refractivity contribution is 5.95. The minimum Gasteiger partial charge on any atom is -0.324 e. The summed E-state index contributed by atoms with van der Waals surface area (Å²) in [7, 11) is 0. The molecular weight excluding hydrogens is 242 g/mol. The second kappa shape index (κ2) is 4.99. The molecule has 2 amide bonds. The molecule has 1 saturated carbocycles. The topological polar surface area (TPSA) is 71.1 Å². The molecule has 1 aliphatic rings. The Morgan fingerprint density at radius 3 is 2.37 bits per heavy atom. The van der Waals surface area contributed by atoms with Gasteiger partial charge in [0.2, 0.25) is 11.8 Å². The van der Waals surface area contributed by atoms with Crippen molar-refractivity contribution in [2.24, 2.45) is 11.3 Å². The van der Waals surface area contributed by atoms with Crippen LogP contribution in [0.4, 0.5) is 11.5 Å². The van der Waals surface area contributed by atoms with E-state index in [1.165, 1.54) is 0 Å². The minimum atomic E-state index is -0.446. The van der Waals surface area contributed by atoms with Crippen LogP contribution in [0.2, 0.25) is 0 Å². The highest BCUT2D eigenvalue weighted by atomic mass is 16.2. The van der Waals surface area contributed by atoms with Crippen molar-refractivity contribution < 1.29 is 9.59 Å². The normalized spacial score (nSPS) is 14.9. The second-order valence-corrected chi connectivity index (χ2v) is 5.90. The van der Waals surface area contributed by atoms with Crippen molar-refractivity contribution in [2.45, 2.75) is 33.6 Å². The number of hydrogen-bond donors (Lipinski definition) is 2. The van der Waals surface area contributed by atoms with E-state index in [1.54, 1.807) is 18.3 Å². The molecule has 1 aromatic rings. The fraction of sp³-hybridized carbons (Fsp3) is 0.500. The first-order valence-electron chi connectivity index (χ1n) is 6.44. The summed E-state index contributed by atoms with van der Waals surface area (Å²) < 4.78 is 0.